The lowest BCUT2D eigenvalue weighted by atomic mass is 10.1. The minimum Gasteiger partial charge on any atom is -0.466 e. The first-order valence-corrected chi connectivity index (χ1v) is 6.94. The molecule has 96 valence electrons. The summed E-state index contributed by atoms with van der Waals surface area (Å²) in [6, 6.07) is 0. The van der Waals surface area contributed by atoms with Gasteiger partial charge in [0.1, 0.15) is 0 Å². The van der Waals surface area contributed by atoms with E-state index in [1.807, 2.05) is 6.92 Å². The summed E-state index contributed by atoms with van der Waals surface area (Å²) in [5.74, 6) is -0.157. The molecule has 0 aromatic carbocycles. The molecule has 0 heterocycles. The number of rotatable bonds is 10. The van der Waals surface area contributed by atoms with Crippen molar-refractivity contribution in [2.45, 2.75) is 70.6 Å². The highest BCUT2D eigenvalue weighted by atomic mass is 35.5. The van der Waals surface area contributed by atoms with Gasteiger partial charge in [0.05, 0.1) is 13.0 Å². The van der Waals surface area contributed by atoms with Gasteiger partial charge in [0.15, 0.2) is 0 Å². The first-order valence-electron chi connectivity index (χ1n) is 6.50. The van der Waals surface area contributed by atoms with E-state index in [9.17, 15) is 4.79 Å². The molecule has 1 unspecified atom stereocenters. The van der Waals surface area contributed by atoms with Crippen LogP contribution in [0.5, 0.6) is 0 Å². The summed E-state index contributed by atoms with van der Waals surface area (Å²) < 4.78 is 5.10. The number of hydrogen-bond donors (Lipinski definition) is 0. The van der Waals surface area contributed by atoms with Gasteiger partial charge < -0.3 is 4.74 Å². The summed E-state index contributed by atoms with van der Waals surface area (Å²) in [4.78, 5) is 11.2. The fourth-order valence-corrected chi connectivity index (χ4v) is 1.58. The minimum atomic E-state index is -0.157. The third-order valence-corrected chi connectivity index (χ3v) is 3.05. The van der Waals surface area contributed by atoms with E-state index in [2.05, 4.69) is 6.92 Å². The molecule has 0 aromatic heterocycles. The zero-order chi connectivity index (χ0) is 12.2. The van der Waals surface area contributed by atoms with E-state index >= 15 is 0 Å². The van der Waals surface area contributed by atoms with Gasteiger partial charge in [-0.15, -0.1) is 11.6 Å². The van der Waals surface area contributed by atoms with Crippen LogP contribution in [0.1, 0.15) is 65.2 Å². The summed E-state index contributed by atoms with van der Waals surface area (Å²) in [5.41, 5.74) is 0. The average Bonchev–Trinajstić information content (AvgIpc) is 2.27. The first-order chi connectivity index (χ1) is 7.70. The van der Waals surface area contributed by atoms with Crippen LogP contribution in [-0.4, -0.2) is 18.0 Å². The number of unbranched alkanes of at least 4 members (excludes halogenated alkanes) is 5. The van der Waals surface area contributed by atoms with Gasteiger partial charge in [0, 0.05) is 5.38 Å². The molecule has 0 fully saturated rings. The Morgan fingerprint density at radius 3 is 2.38 bits per heavy atom. The Labute approximate surface area is 105 Å². The molecule has 2 nitrogen and oxygen atoms in total. The van der Waals surface area contributed by atoms with Crippen molar-refractivity contribution in [2.24, 2.45) is 0 Å². The molecule has 3 heteroatoms. The van der Waals surface area contributed by atoms with Crippen molar-refractivity contribution in [3.05, 3.63) is 0 Å². The van der Waals surface area contributed by atoms with Crippen molar-refractivity contribution >= 4 is 17.6 Å². The summed E-state index contributed by atoms with van der Waals surface area (Å²) in [6.07, 6.45) is 8.41. The lowest BCUT2D eigenvalue weighted by molar-refractivity contribution is -0.143. The molecule has 1 atom stereocenters. The summed E-state index contributed by atoms with van der Waals surface area (Å²) in [7, 11) is 0. The summed E-state index contributed by atoms with van der Waals surface area (Å²) in [5, 5.41) is -0.0722. The van der Waals surface area contributed by atoms with Crippen molar-refractivity contribution in [1.29, 1.82) is 0 Å². The zero-order valence-corrected chi connectivity index (χ0v) is 11.4. The molecule has 0 aliphatic heterocycles. The maximum Gasteiger partial charge on any atom is 0.307 e. The second kappa shape index (κ2) is 11.3. The Morgan fingerprint density at radius 1 is 1.12 bits per heavy atom. The monoisotopic (exact) mass is 248 g/mol. The van der Waals surface area contributed by atoms with Crippen LogP contribution in [0.2, 0.25) is 0 Å². The van der Waals surface area contributed by atoms with Gasteiger partial charge in [-0.05, 0) is 12.8 Å². The van der Waals surface area contributed by atoms with E-state index in [4.69, 9.17) is 16.3 Å². The van der Waals surface area contributed by atoms with Crippen LogP contribution in [0.15, 0.2) is 0 Å². The van der Waals surface area contributed by atoms with Crippen LogP contribution in [0.4, 0.5) is 0 Å². The molecular weight excluding hydrogens is 224 g/mol. The second-order valence-corrected chi connectivity index (χ2v) is 4.82. The van der Waals surface area contributed by atoms with Crippen LogP contribution in [0, 0.1) is 0 Å². The summed E-state index contributed by atoms with van der Waals surface area (Å²) in [6.45, 7) is 4.73. The largest absolute Gasteiger partial charge is 0.466 e. The molecule has 0 radical (unpaired) electrons. The predicted molar refractivity (Wildman–Crippen MR) is 68.9 cm³/mol. The number of ether oxygens (including phenoxy) is 1. The van der Waals surface area contributed by atoms with E-state index in [-0.39, 0.29) is 11.3 Å². The maximum absolute atomic E-state index is 11.2. The number of carbonyl (C=O) groups excluding carboxylic acids is 1. The van der Waals surface area contributed by atoms with Crippen molar-refractivity contribution in [3.8, 4) is 0 Å². The Morgan fingerprint density at radius 2 is 1.75 bits per heavy atom. The SMILES string of the molecule is CCCCCCCCOC(=O)CC(Cl)CC. The van der Waals surface area contributed by atoms with E-state index in [0.717, 1.165) is 19.3 Å². The smallest absolute Gasteiger partial charge is 0.307 e. The quantitative estimate of drug-likeness (QED) is 0.327. The molecule has 0 aliphatic rings. The second-order valence-electron chi connectivity index (χ2n) is 4.20. The molecule has 0 spiro atoms. The topological polar surface area (TPSA) is 26.3 Å². The third kappa shape index (κ3) is 10.3. The summed E-state index contributed by atoms with van der Waals surface area (Å²) >= 11 is 5.86. The van der Waals surface area contributed by atoms with E-state index in [0.29, 0.717) is 13.0 Å². The molecule has 0 bridgehead atoms. The molecule has 0 aliphatic carbocycles. The van der Waals surface area contributed by atoms with E-state index < -0.39 is 0 Å². The lowest BCUT2D eigenvalue weighted by Gasteiger charge is -2.07. The number of hydrogen-bond acceptors (Lipinski definition) is 2. The van der Waals surface area contributed by atoms with Crippen LogP contribution in [0.3, 0.4) is 0 Å². The standard InChI is InChI=1S/C13H25ClO2/c1-3-5-6-7-8-9-10-16-13(15)11-12(14)4-2/h12H,3-11H2,1-2H3. The fourth-order valence-electron chi connectivity index (χ4n) is 1.45. The lowest BCUT2D eigenvalue weighted by Crippen LogP contribution is -2.11. The van der Waals surface area contributed by atoms with Crippen molar-refractivity contribution in [1.82, 2.24) is 0 Å². The number of carbonyl (C=O) groups is 1. The Bertz CT molecular complexity index is 171. The van der Waals surface area contributed by atoms with E-state index in [1.165, 1.54) is 25.7 Å². The van der Waals surface area contributed by atoms with Crippen LogP contribution in [-0.2, 0) is 9.53 Å². The number of halogens is 1. The van der Waals surface area contributed by atoms with Gasteiger partial charge >= 0.3 is 5.97 Å². The van der Waals surface area contributed by atoms with Gasteiger partial charge in [-0.3, -0.25) is 4.79 Å². The molecule has 0 saturated heterocycles. The van der Waals surface area contributed by atoms with Crippen molar-refractivity contribution in [3.63, 3.8) is 0 Å². The van der Waals surface area contributed by atoms with E-state index in [1.54, 1.807) is 0 Å². The molecule has 0 aromatic rings. The molecule has 0 N–H and O–H groups in total. The normalized spacial score (nSPS) is 12.4. The maximum atomic E-state index is 11.2. The molecule has 16 heavy (non-hydrogen) atoms. The minimum absolute atomic E-state index is 0.0722. The predicted octanol–water partition coefficient (Wildman–Crippen LogP) is 4.30. The molecule has 0 amide bonds. The molecular formula is C13H25ClO2. The van der Waals surface area contributed by atoms with Crippen molar-refractivity contribution in [2.75, 3.05) is 6.61 Å². The third-order valence-electron chi connectivity index (χ3n) is 2.59. The van der Waals surface area contributed by atoms with Gasteiger partial charge in [-0.25, -0.2) is 0 Å². The van der Waals surface area contributed by atoms with Crippen molar-refractivity contribution < 1.29 is 9.53 Å². The Balaban J connectivity index is 3.21. The van der Waals surface area contributed by atoms with Gasteiger partial charge in [0.2, 0.25) is 0 Å². The highest BCUT2D eigenvalue weighted by molar-refractivity contribution is 6.21. The average molecular weight is 249 g/mol. The van der Waals surface area contributed by atoms with Crippen LogP contribution >= 0.6 is 11.6 Å². The van der Waals surface area contributed by atoms with Gasteiger partial charge in [-0.2, -0.15) is 0 Å². The Hall–Kier alpha value is -0.240. The van der Waals surface area contributed by atoms with Gasteiger partial charge in [0.25, 0.3) is 0 Å². The number of alkyl halides is 1. The van der Waals surface area contributed by atoms with Crippen LogP contribution < -0.4 is 0 Å². The zero-order valence-electron chi connectivity index (χ0n) is 10.6. The fraction of sp³-hybridized carbons (Fsp3) is 0.923. The highest BCUT2D eigenvalue weighted by Gasteiger charge is 2.09. The highest BCUT2D eigenvalue weighted by Crippen LogP contribution is 2.08. The first kappa shape index (κ1) is 15.8. The van der Waals surface area contributed by atoms with Crippen LogP contribution in [0.25, 0.3) is 0 Å². The molecule has 0 rings (SSSR count). The Kier molecular flexibility index (Phi) is 11.1. The van der Waals surface area contributed by atoms with Gasteiger partial charge in [-0.1, -0.05) is 46.0 Å². The molecule has 0 saturated carbocycles. The number of esters is 1.